The second-order valence-electron chi connectivity index (χ2n) is 18.9. The van der Waals surface area contributed by atoms with Crippen molar-refractivity contribution in [3.8, 4) is 0 Å². The monoisotopic (exact) mass is 621 g/mol. The van der Waals surface area contributed by atoms with Gasteiger partial charge in [0, 0.05) is 46.8 Å². The summed E-state index contributed by atoms with van der Waals surface area (Å²) >= 11 is 0. The Morgan fingerprint density at radius 1 is 0.727 bits per heavy atom. The predicted molar refractivity (Wildman–Crippen MR) is 190 cm³/mol. The van der Waals surface area contributed by atoms with Crippen molar-refractivity contribution in [2.45, 2.75) is 207 Å². The molecule has 3 fully saturated rings. The molecular weight excluding hydrogens is 544 g/mol. The summed E-state index contributed by atoms with van der Waals surface area (Å²) in [5.74, 6) is 0. The molecule has 0 spiro atoms. The molecular formula is C36H76N8. The third-order valence-corrected chi connectivity index (χ3v) is 9.93. The smallest absolute Gasteiger partial charge is 0.118 e. The molecule has 3 aliphatic heterocycles. The van der Waals surface area contributed by atoms with E-state index in [0.29, 0.717) is 18.1 Å². The Kier molecular flexibility index (Phi) is 12.9. The lowest BCUT2D eigenvalue weighted by atomic mass is 9.79. The fraction of sp³-hybridized carbons (Fsp3) is 1.00. The summed E-state index contributed by atoms with van der Waals surface area (Å²) in [6.45, 7) is 32.8. The molecule has 0 aromatic heterocycles. The van der Waals surface area contributed by atoms with E-state index in [4.69, 9.17) is 0 Å². The van der Waals surface area contributed by atoms with Crippen LogP contribution in [0.15, 0.2) is 0 Å². The van der Waals surface area contributed by atoms with Crippen molar-refractivity contribution in [3.05, 3.63) is 0 Å². The molecule has 8 nitrogen and oxygen atoms in total. The molecule has 44 heavy (non-hydrogen) atoms. The van der Waals surface area contributed by atoms with Gasteiger partial charge < -0.3 is 15.5 Å². The predicted octanol–water partition coefficient (Wildman–Crippen LogP) is 5.51. The molecule has 0 aliphatic carbocycles. The van der Waals surface area contributed by atoms with Crippen LogP contribution >= 0.6 is 0 Å². The number of nitrogens with one attached hydrogen (secondary N) is 6. The molecule has 0 aromatic rings. The maximum Gasteiger partial charge on any atom is 0.118 e. The Balaban J connectivity index is 1.61. The highest BCUT2D eigenvalue weighted by molar-refractivity contribution is 5.02. The van der Waals surface area contributed by atoms with E-state index < -0.39 is 0 Å². The van der Waals surface area contributed by atoms with Gasteiger partial charge in [-0.3, -0.25) is 26.2 Å². The Bertz CT molecular complexity index is 862. The van der Waals surface area contributed by atoms with Crippen molar-refractivity contribution in [1.82, 2.24) is 41.7 Å². The van der Waals surface area contributed by atoms with Gasteiger partial charge in [0.2, 0.25) is 0 Å². The minimum absolute atomic E-state index is 0.0171. The summed E-state index contributed by atoms with van der Waals surface area (Å²) < 4.78 is 0. The lowest BCUT2D eigenvalue weighted by molar-refractivity contribution is -0.0190. The van der Waals surface area contributed by atoms with E-state index in [0.717, 1.165) is 25.8 Å². The van der Waals surface area contributed by atoms with Gasteiger partial charge in [0.15, 0.2) is 0 Å². The van der Waals surface area contributed by atoms with Crippen LogP contribution in [0.25, 0.3) is 0 Å². The van der Waals surface area contributed by atoms with Crippen LogP contribution < -0.4 is 31.9 Å². The van der Waals surface area contributed by atoms with Crippen molar-refractivity contribution in [1.29, 1.82) is 0 Å². The standard InChI is InChI=1S/C36H76N8/c1-26-21-28(22-33(6,7)40-26)43(14)19-17-15-16-18-20-44(29-23-34(8,9)42-35(10,11)24-29)31-38-27(2)37-30(39-31)41-36(12,13)25-32(3,4)5/h26-31,37-42H,15-25H2,1-14H3. The van der Waals surface area contributed by atoms with Gasteiger partial charge in [-0.1, -0.05) is 33.6 Å². The van der Waals surface area contributed by atoms with Crippen LogP contribution in [0.5, 0.6) is 0 Å². The lowest BCUT2D eigenvalue weighted by Gasteiger charge is -2.53. The second-order valence-corrected chi connectivity index (χ2v) is 18.9. The van der Waals surface area contributed by atoms with Gasteiger partial charge in [-0.05, 0) is 133 Å². The molecule has 6 N–H and O–H groups in total. The lowest BCUT2D eigenvalue weighted by Crippen LogP contribution is -2.77. The van der Waals surface area contributed by atoms with Gasteiger partial charge in [0.1, 0.15) is 12.6 Å². The van der Waals surface area contributed by atoms with E-state index in [1.54, 1.807) is 0 Å². The van der Waals surface area contributed by atoms with Crippen LogP contribution in [0.1, 0.15) is 148 Å². The Morgan fingerprint density at radius 3 is 1.86 bits per heavy atom. The first-order chi connectivity index (χ1) is 20.0. The van der Waals surface area contributed by atoms with Crippen LogP contribution in [-0.4, -0.2) is 89.0 Å². The largest absolute Gasteiger partial charge is 0.309 e. The number of rotatable bonds is 13. The molecule has 5 unspecified atom stereocenters. The molecule has 5 atom stereocenters. The number of hydrogen-bond acceptors (Lipinski definition) is 8. The van der Waals surface area contributed by atoms with Gasteiger partial charge in [-0.15, -0.1) is 0 Å². The van der Waals surface area contributed by atoms with E-state index in [1.807, 2.05) is 0 Å². The van der Waals surface area contributed by atoms with E-state index in [9.17, 15) is 0 Å². The van der Waals surface area contributed by atoms with E-state index in [-0.39, 0.29) is 46.3 Å². The molecule has 0 radical (unpaired) electrons. The average Bonchev–Trinajstić information content (AvgIpc) is 2.77. The fourth-order valence-corrected chi connectivity index (χ4v) is 9.25. The average molecular weight is 621 g/mol. The minimum atomic E-state index is 0.0171. The van der Waals surface area contributed by atoms with Crippen molar-refractivity contribution in [2.75, 3.05) is 20.1 Å². The molecule has 0 bridgehead atoms. The summed E-state index contributed by atoms with van der Waals surface area (Å²) in [6, 6.07) is 1.80. The van der Waals surface area contributed by atoms with Crippen LogP contribution in [0.2, 0.25) is 0 Å². The summed E-state index contributed by atoms with van der Waals surface area (Å²) in [7, 11) is 2.35. The van der Waals surface area contributed by atoms with Gasteiger partial charge in [-0.2, -0.15) is 0 Å². The first-order valence-corrected chi connectivity index (χ1v) is 18.1. The molecule has 260 valence electrons. The van der Waals surface area contributed by atoms with Gasteiger partial charge in [0.25, 0.3) is 0 Å². The van der Waals surface area contributed by atoms with Crippen molar-refractivity contribution >= 4 is 0 Å². The highest BCUT2D eigenvalue weighted by atomic mass is 15.5. The summed E-state index contributed by atoms with van der Waals surface area (Å²) in [4.78, 5) is 5.42. The van der Waals surface area contributed by atoms with Gasteiger partial charge in [0.05, 0.1) is 6.17 Å². The molecule has 3 aliphatic rings. The third kappa shape index (κ3) is 12.7. The number of piperidine rings is 2. The maximum atomic E-state index is 3.95. The quantitative estimate of drug-likeness (QED) is 0.151. The first kappa shape index (κ1) is 38.1. The normalized spacial score (nSPS) is 31.5. The Morgan fingerprint density at radius 2 is 1.30 bits per heavy atom. The van der Waals surface area contributed by atoms with Gasteiger partial charge in [-0.25, -0.2) is 0 Å². The molecule has 3 saturated heterocycles. The van der Waals surface area contributed by atoms with Crippen molar-refractivity contribution in [2.24, 2.45) is 5.41 Å². The van der Waals surface area contributed by atoms with Crippen molar-refractivity contribution in [3.63, 3.8) is 0 Å². The zero-order valence-electron chi connectivity index (χ0n) is 31.6. The summed E-state index contributed by atoms with van der Waals surface area (Å²) in [6.07, 6.45) is 11.4. The Labute approximate surface area is 273 Å². The highest BCUT2D eigenvalue weighted by Gasteiger charge is 2.43. The molecule has 0 aromatic carbocycles. The van der Waals surface area contributed by atoms with Gasteiger partial charge >= 0.3 is 0 Å². The first-order valence-electron chi connectivity index (χ1n) is 18.1. The minimum Gasteiger partial charge on any atom is -0.309 e. The fourth-order valence-electron chi connectivity index (χ4n) is 9.25. The second kappa shape index (κ2) is 14.8. The molecule has 8 heteroatoms. The topological polar surface area (TPSA) is 78.7 Å². The highest BCUT2D eigenvalue weighted by Crippen LogP contribution is 2.33. The molecule has 0 amide bonds. The van der Waals surface area contributed by atoms with Crippen LogP contribution in [0.3, 0.4) is 0 Å². The summed E-state index contributed by atoms with van der Waals surface area (Å²) in [5.41, 5.74) is 0.748. The zero-order valence-corrected chi connectivity index (χ0v) is 31.6. The molecule has 0 saturated carbocycles. The Hall–Kier alpha value is -0.320. The summed E-state index contributed by atoms with van der Waals surface area (Å²) in [5, 5.41) is 23.2. The number of hydrogen-bond donors (Lipinski definition) is 6. The van der Waals surface area contributed by atoms with E-state index >= 15 is 0 Å². The van der Waals surface area contributed by atoms with E-state index in [1.165, 1.54) is 45.1 Å². The van der Waals surface area contributed by atoms with Crippen LogP contribution in [-0.2, 0) is 0 Å². The van der Waals surface area contributed by atoms with Crippen LogP contribution in [0, 0.1) is 5.41 Å². The number of unbranched alkanes of at least 4 members (excludes halogenated alkanes) is 3. The van der Waals surface area contributed by atoms with Crippen LogP contribution in [0.4, 0.5) is 0 Å². The maximum absolute atomic E-state index is 3.95. The van der Waals surface area contributed by atoms with E-state index in [2.05, 4.69) is 139 Å². The zero-order chi connectivity index (χ0) is 33.1. The van der Waals surface area contributed by atoms with Crippen molar-refractivity contribution < 1.29 is 0 Å². The molecule has 3 rings (SSSR count). The SMILES string of the molecule is CC1CC(N(C)CCCCCCN(C2CC(C)(C)NC(C)(C)C2)C2NC(C)NC(NC(C)(C)CC(C)(C)C)N2)CC(C)(C)N1. The third-order valence-electron chi connectivity index (χ3n) is 9.93. The number of nitrogens with zero attached hydrogens (tertiary/aromatic N) is 2. The molecule has 3 heterocycles.